The Morgan fingerprint density at radius 3 is 2.53 bits per heavy atom. The Kier molecular flexibility index (Phi) is 7.75. The maximum absolute atomic E-state index is 13.3. The van der Waals surface area contributed by atoms with Gasteiger partial charge >= 0.3 is 0 Å². The molecule has 8 heteroatoms. The summed E-state index contributed by atoms with van der Waals surface area (Å²) in [6, 6.07) is 15.5. The largest absolute Gasteiger partial charge is 0.298 e. The van der Waals surface area contributed by atoms with E-state index in [1.807, 2.05) is 48.5 Å². The predicted molar refractivity (Wildman–Crippen MR) is 138 cm³/mol. The minimum atomic E-state index is -3.04. The molecule has 2 atom stereocenters. The smallest absolute Gasteiger partial charge is 0.274 e. The zero-order valence-electron chi connectivity index (χ0n) is 19.8. The van der Waals surface area contributed by atoms with Crippen molar-refractivity contribution in [1.82, 2.24) is 14.7 Å². The van der Waals surface area contributed by atoms with Crippen molar-refractivity contribution in [3.05, 3.63) is 75.2 Å². The monoisotopic (exact) mass is 501 g/mol. The number of likely N-dealkylation sites (tertiary alicyclic amines) is 1. The van der Waals surface area contributed by atoms with Crippen molar-refractivity contribution >= 4 is 32.2 Å². The van der Waals surface area contributed by atoms with Gasteiger partial charge in [0.25, 0.3) is 5.56 Å². The molecule has 182 valence electrons. The normalized spacial score (nSPS) is 17.9. The maximum Gasteiger partial charge on any atom is 0.274 e. The van der Waals surface area contributed by atoms with E-state index in [1.165, 1.54) is 0 Å². The molecule has 0 saturated carbocycles. The number of benzene rings is 2. The van der Waals surface area contributed by atoms with Gasteiger partial charge in [-0.15, -0.1) is 0 Å². The van der Waals surface area contributed by atoms with Crippen molar-refractivity contribution in [2.75, 3.05) is 18.8 Å². The molecule has 6 nitrogen and oxygen atoms in total. The van der Waals surface area contributed by atoms with Crippen LogP contribution in [-0.4, -0.2) is 53.2 Å². The van der Waals surface area contributed by atoms with Gasteiger partial charge in [-0.2, -0.15) is 5.10 Å². The van der Waals surface area contributed by atoms with Crippen LogP contribution >= 0.6 is 11.6 Å². The summed E-state index contributed by atoms with van der Waals surface area (Å²) in [5.41, 5.74) is 1.87. The second-order valence-corrected chi connectivity index (χ2v) is 12.3. The topological polar surface area (TPSA) is 72.3 Å². The molecule has 0 unspecified atom stereocenters. The molecule has 1 aromatic heterocycles. The molecule has 0 aliphatic carbocycles. The van der Waals surface area contributed by atoms with Gasteiger partial charge in [0.15, 0.2) is 9.84 Å². The lowest BCUT2D eigenvalue weighted by Crippen LogP contribution is -2.39. The quantitative estimate of drug-likeness (QED) is 0.436. The molecule has 1 aliphatic rings. The van der Waals surface area contributed by atoms with E-state index in [9.17, 15) is 13.2 Å². The van der Waals surface area contributed by atoms with Crippen molar-refractivity contribution < 1.29 is 8.42 Å². The van der Waals surface area contributed by atoms with Crippen LogP contribution < -0.4 is 5.56 Å². The second kappa shape index (κ2) is 10.6. The van der Waals surface area contributed by atoms with Gasteiger partial charge in [0.2, 0.25) is 0 Å². The summed E-state index contributed by atoms with van der Waals surface area (Å²) in [5.74, 6) is 0.171. The first-order chi connectivity index (χ1) is 16.3. The average molecular weight is 502 g/mol. The first-order valence-electron chi connectivity index (χ1n) is 12.0. The third kappa shape index (κ3) is 5.53. The number of hydrogen-bond acceptors (Lipinski definition) is 5. The number of halogens is 1. The van der Waals surface area contributed by atoms with Gasteiger partial charge in [-0.1, -0.05) is 48.9 Å². The molecule has 0 bridgehead atoms. The fourth-order valence-corrected chi connectivity index (χ4v) is 5.92. The molecular weight excluding hydrogens is 470 g/mol. The first kappa shape index (κ1) is 24.9. The van der Waals surface area contributed by atoms with Crippen molar-refractivity contribution in [2.45, 2.75) is 57.4 Å². The van der Waals surface area contributed by atoms with Crippen LogP contribution in [0.5, 0.6) is 0 Å². The molecule has 0 spiro atoms. The van der Waals surface area contributed by atoms with E-state index in [-0.39, 0.29) is 22.6 Å². The van der Waals surface area contributed by atoms with Crippen molar-refractivity contribution in [2.24, 2.45) is 0 Å². The second-order valence-electron chi connectivity index (χ2n) is 9.17. The molecule has 1 fully saturated rings. The lowest BCUT2D eigenvalue weighted by atomic mass is 10.0. The van der Waals surface area contributed by atoms with Gasteiger partial charge in [0, 0.05) is 28.6 Å². The highest BCUT2D eigenvalue weighted by Crippen LogP contribution is 2.22. The number of hydrogen-bond donors (Lipinski definition) is 0. The van der Waals surface area contributed by atoms with Crippen LogP contribution in [0, 0.1) is 0 Å². The Balaban J connectivity index is 1.58. The summed E-state index contributed by atoms with van der Waals surface area (Å²) >= 11 is 6.04. The number of sulfone groups is 1. The number of aromatic nitrogens is 2. The van der Waals surface area contributed by atoms with Crippen LogP contribution in [0.1, 0.15) is 44.4 Å². The molecule has 0 N–H and O–H groups in total. The molecule has 2 aromatic carbocycles. The van der Waals surface area contributed by atoms with E-state index in [0.29, 0.717) is 36.3 Å². The van der Waals surface area contributed by atoms with Crippen LogP contribution in [0.15, 0.2) is 53.3 Å². The predicted octanol–water partition coefficient (Wildman–Crippen LogP) is 4.32. The van der Waals surface area contributed by atoms with E-state index < -0.39 is 9.84 Å². The molecular formula is C26H32ClN3O3S. The Labute approximate surface area is 206 Å². The van der Waals surface area contributed by atoms with Gasteiger partial charge in [-0.3, -0.25) is 9.69 Å². The van der Waals surface area contributed by atoms with Gasteiger partial charge in [0.1, 0.15) is 0 Å². The maximum atomic E-state index is 13.3. The summed E-state index contributed by atoms with van der Waals surface area (Å²) in [6.07, 6.45) is 3.23. The molecule has 3 aromatic rings. The Morgan fingerprint density at radius 2 is 1.82 bits per heavy atom. The van der Waals surface area contributed by atoms with Crippen molar-refractivity contribution in [3.8, 4) is 0 Å². The highest BCUT2D eigenvalue weighted by Gasteiger charge is 2.28. The summed E-state index contributed by atoms with van der Waals surface area (Å²) in [5, 5.41) is 6.70. The average Bonchev–Trinajstić information content (AvgIpc) is 3.28. The molecule has 1 aliphatic heterocycles. The zero-order chi connectivity index (χ0) is 24.3. The SMILES string of the molecule is CCS(=O)(=O)[C@H](C)CCN1CCC[C@@H]1Cn1nc(Cc2ccc(Cl)cc2)c2ccccc2c1=O. The summed E-state index contributed by atoms with van der Waals surface area (Å²) in [6.45, 7) is 5.63. The van der Waals surface area contributed by atoms with Gasteiger partial charge in [0.05, 0.1) is 22.9 Å². The molecule has 34 heavy (non-hydrogen) atoms. The molecule has 0 amide bonds. The number of nitrogens with zero attached hydrogens (tertiary/aromatic N) is 3. The lowest BCUT2D eigenvalue weighted by molar-refractivity contribution is 0.222. The number of fused-ring (bicyclic) bond motifs is 1. The zero-order valence-corrected chi connectivity index (χ0v) is 21.4. The summed E-state index contributed by atoms with van der Waals surface area (Å²) in [4.78, 5) is 15.6. The minimum Gasteiger partial charge on any atom is -0.298 e. The van der Waals surface area contributed by atoms with E-state index in [2.05, 4.69) is 4.90 Å². The van der Waals surface area contributed by atoms with E-state index in [1.54, 1.807) is 18.5 Å². The Morgan fingerprint density at radius 1 is 1.12 bits per heavy atom. The summed E-state index contributed by atoms with van der Waals surface area (Å²) < 4.78 is 26.0. The molecule has 0 radical (unpaired) electrons. The third-order valence-electron chi connectivity index (χ3n) is 6.95. The summed E-state index contributed by atoms with van der Waals surface area (Å²) in [7, 11) is -3.04. The van der Waals surface area contributed by atoms with Crippen LogP contribution in [0.25, 0.3) is 10.8 Å². The minimum absolute atomic E-state index is 0.0794. The van der Waals surface area contributed by atoms with Crippen LogP contribution in [0.4, 0.5) is 0 Å². The fraction of sp³-hybridized carbons (Fsp3) is 0.462. The Bertz CT molecular complexity index is 1310. The third-order valence-corrected chi connectivity index (χ3v) is 9.47. The first-order valence-corrected chi connectivity index (χ1v) is 14.1. The highest BCUT2D eigenvalue weighted by atomic mass is 35.5. The van der Waals surface area contributed by atoms with E-state index in [0.717, 1.165) is 36.0 Å². The number of rotatable bonds is 9. The van der Waals surface area contributed by atoms with Gasteiger partial charge < -0.3 is 0 Å². The molecule has 4 rings (SSSR count). The lowest BCUT2D eigenvalue weighted by Gasteiger charge is -2.26. The van der Waals surface area contributed by atoms with E-state index >= 15 is 0 Å². The van der Waals surface area contributed by atoms with Crippen LogP contribution in [0.3, 0.4) is 0 Å². The highest BCUT2D eigenvalue weighted by molar-refractivity contribution is 7.91. The van der Waals surface area contributed by atoms with Crippen molar-refractivity contribution in [1.29, 1.82) is 0 Å². The molecule has 1 saturated heterocycles. The van der Waals surface area contributed by atoms with E-state index in [4.69, 9.17) is 16.7 Å². The Hall–Kier alpha value is -2.22. The van der Waals surface area contributed by atoms with Gasteiger partial charge in [-0.05, 0) is 63.0 Å². The molecule has 2 heterocycles. The van der Waals surface area contributed by atoms with Crippen LogP contribution in [0.2, 0.25) is 5.02 Å². The van der Waals surface area contributed by atoms with Crippen molar-refractivity contribution in [3.63, 3.8) is 0 Å². The standard InChI is InChI=1S/C26H32ClN3O3S/c1-3-34(32,33)19(2)14-16-29-15-6-7-22(29)18-30-26(31)24-9-5-4-8-23(24)25(28-30)17-20-10-12-21(27)13-11-20/h4-5,8-13,19,22H,3,6-7,14-18H2,1-2H3/t19-,22-/m1/s1. The fourth-order valence-electron chi connectivity index (χ4n) is 4.76. The van der Waals surface area contributed by atoms with Gasteiger partial charge in [-0.25, -0.2) is 13.1 Å². The van der Waals surface area contributed by atoms with Crippen LogP contribution in [-0.2, 0) is 22.8 Å².